The lowest BCUT2D eigenvalue weighted by Gasteiger charge is -2.26. The van der Waals surface area contributed by atoms with E-state index in [1.807, 2.05) is 18.3 Å². The van der Waals surface area contributed by atoms with Gasteiger partial charge in [-0.2, -0.15) is 0 Å². The molecule has 0 bridgehead atoms. The Kier molecular flexibility index (Phi) is 6.22. The first-order valence-corrected chi connectivity index (χ1v) is 7.55. The highest BCUT2D eigenvalue weighted by Crippen LogP contribution is 2.21. The second kappa shape index (κ2) is 8.17. The molecule has 1 unspecified atom stereocenters. The first-order chi connectivity index (χ1) is 10.2. The monoisotopic (exact) mass is 295 g/mol. The van der Waals surface area contributed by atoms with Crippen LogP contribution in [0.15, 0.2) is 18.3 Å². The van der Waals surface area contributed by atoms with Crippen LogP contribution in [0, 0.1) is 0 Å². The van der Waals surface area contributed by atoms with Crippen LogP contribution < -0.4 is 10.6 Å². The molecule has 21 heavy (non-hydrogen) atoms. The Labute approximate surface area is 125 Å². The smallest absolute Gasteiger partial charge is 0.267 e. The van der Waals surface area contributed by atoms with Gasteiger partial charge in [-0.25, -0.2) is 0 Å². The molecule has 1 aromatic rings. The fourth-order valence-corrected chi connectivity index (χ4v) is 2.71. The van der Waals surface area contributed by atoms with Gasteiger partial charge < -0.3 is 25.0 Å². The molecule has 118 valence electrons. The Morgan fingerprint density at radius 2 is 2.33 bits per heavy atom. The van der Waals surface area contributed by atoms with E-state index in [2.05, 4.69) is 15.2 Å². The zero-order chi connectivity index (χ0) is 15.1. The van der Waals surface area contributed by atoms with Crippen LogP contribution in [0.3, 0.4) is 0 Å². The molecule has 1 aliphatic rings. The van der Waals surface area contributed by atoms with Crippen molar-refractivity contribution in [2.75, 3.05) is 33.4 Å². The molecule has 6 heteroatoms. The molecule has 6 nitrogen and oxygen atoms in total. The molecule has 2 heterocycles. The zero-order valence-electron chi connectivity index (χ0n) is 12.5. The van der Waals surface area contributed by atoms with E-state index in [0.29, 0.717) is 31.3 Å². The number of hydrogen-bond acceptors (Lipinski definition) is 4. The maximum atomic E-state index is 12.2. The molecule has 0 aliphatic carbocycles. The molecule has 0 saturated carbocycles. The molecular formula is C15H25N3O3. The van der Waals surface area contributed by atoms with Crippen molar-refractivity contribution >= 4 is 5.91 Å². The van der Waals surface area contributed by atoms with Crippen molar-refractivity contribution in [1.29, 1.82) is 0 Å². The number of hydrogen-bond donors (Lipinski definition) is 3. The number of rotatable bonds is 7. The van der Waals surface area contributed by atoms with Crippen molar-refractivity contribution in [3.05, 3.63) is 24.0 Å². The third-order valence-electron chi connectivity index (χ3n) is 3.84. The van der Waals surface area contributed by atoms with Crippen LogP contribution in [0.2, 0.25) is 0 Å². The lowest BCUT2D eigenvalue weighted by Crippen LogP contribution is -2.33. The minimum absolute atomic E-state index is 0.0804. The normalized spacial score (nSPS) is 17.6. The van der Waals surface area contributed by atoms with Gasteiger partial charge in [0.05, 0.1) is 12.7 Å². The van der Waals surface area contributed by atoms with Crippen LogP contribution in [0.1, 0.15) is 35.8 Å². The van der Waals surface area contributed by atoms with Crippen molar-refractivity contribution in [2.24, 2.45) is 0 Å². The van der Waals surface area contributed by atoms with Crippen LogP contribution in [0.5, 0.6) is 0 Å². The largest absolute Gasteiger partial charge is 0.391 e. The summed E-state index contributed by atoms with van der Waals surface area (Å²) >= 11 is 0. The highest BCUT2D eigenvalue weighted by atomic mass is 16.5. The van der Waals surface area contributed by atoms with Crippen molar-refractivity contribution in [2.45, 2.75) is 31.4 Å². The second-order valence-corrected chi connectivity index (χ2v) is 5.44. The number of carbonyl (C=O) groups is 1. The van der Waals surface area contributed by atoms with Gasteiger partial charge in [-0.05, 0) is 44.5 Å². The quantitative estimate of drug-likeness (QED) is 0.686. The van der Waals surface area contributed by atoms with Crippen LogP contribution in [-0.2, 0) is 4.74 Å². The summed E-state index contributed by atoms with van der Waals surface area (Å²) in [5.74, 6) is -0.0804. The fourth-order valence-electron chi connectivity index (χ4n) is 2.71. The van der Waals surface area contributed by atoms with Gasteiger partial charge in [-0.15, -0.1) is 0 Å². The number of piperidine rings is 1. The van der Waals surface area contributed by atoms with Gasteiger partial charge in [-0.1, -0.05) is 0 Å². The zero-order valence-corrected chi connectivity index (χ0v) is 12.5. The Balaban J connectivity index is 1.86. The second-order valence-electron chi connectivity index (χ2n) is 5.44. The number of nitrogens with one attached hydrogen (secondary N) is 2. The average molecular weight is 295 g/mol. The third-order valence-corrected chi connectivity index (χ3v) is 3.84. The first-order valence-electron chi connectivity index (χ1n) is 7.55. The van der Waals surface area contributed by atoms with E-state index >= 15 is 0 Å². The minimum Gasteiger partial charge on any atom is -0.391 e. The fraction of sp³-hybridized carbons (Fsp3) is 0.667. The SMILES string of the molecule is COCC(O)CCNC(=O)c1cccn1C1CCNCC1. The molecule has 0 spiro atoms. The lowest BCUT2D eigenvalue weighted by molar-refractivity contribution is 0.0587. The summed E-state index contributed by atoms with van der Waals surface area (Å²) in [6.07, 6.45) is 4.02. The van der Waals surface area contributed by atoms with Gasteiger partial charge in [0, 0.05) is 25.9 Å². The minimum atomic E-state index is -0.536. The molecule has 2 rings (SSSR count). The summed E-state index contributed by atoms with van der Waals surface area (Å²) in [6.45, 7) is 2.72. The molecule has 3 N–H and O–H groups in total. The predicted molar refractivity (Wildman–Crippen MR) is 80.4 cm³/mol. The standard InChI is InChI=1S/C15H25N3O3/c1-21-11-13(19)6-9-17-15(20)14-3-2-10-18(14)12-4-7-16-8-5-12/h2-3,10,12-13,16,19H,4-9,11H2,1H3,(H,17,20). The maximum absolute atomic E-state index is 12.2. The van der Waals surface area contributed by atoms with Gasteiger partial charge in [0.15, 0.2) is 0 Å². The van der Waals surface area contributed by atoms with E-state index < -0.39 is 6.10 Å². The van der Waals surface area contributed by atoms with Gasteiger partial charge in [0.1, 0.15) is 5.69 Å². The molecule has 1 fully saturated rings. The van der Waals surface area contributed by atoms with Gasteiger partial charge in [-0.3, -0.25) is 4.79 Å². The van der Waals surface area contributed by atoms with E-state index in [-0.39, 0.29) is 5.91 Å². The number of methoxy groups -OCH3 is 1. The van der Waals surface area contributed by atoms with Gasteiger partial charge in [0.2, 0.25) is 0 Å². The predicted octanol–water partition coefficient (Wildman–Crippen LogP) is 0.540. The van der Waals surface area contributed by atoms with E-state index in [4.69, 9.17) is 4.74 Å². The van der Waals surface area contributed by atoms with Gasteiger partial charge >= 0.3 is 0 Å². The summed E-state index contributed by atoms with van der Waals surface area (Å²) in [4.78, 5) is 12.2. The van der Waals surface area contributed by atoms with E-state index in [1.165, 1.54) is 0 Å². The molecule has 1 saturated heterocycles. The maximum Gasteiger partial charge on any atom is 0.267 e. The Bertz CT molecular complexity index is 441. The van der Waals surface area contributed by atoms with Gasteiger partial charge in [0.25, 0.3) is 5.91 Å². The van der Waals surface area contributed by atoms with Crippen molar-refractivity contribution in [3.8, 4) is 0 Å². The first kappa shape index (κ1) is 16.0. The lowest BCUT2D eigenvalue weighted by atomic mass is 10.1. The number of carbonyl (C=O) groups excluding carboxylic acids is 1. The van der Waals surface area contributed by atoms with E-state index in [9.17, 15) is 9.90 Å². The van der Waals surface area contributed by atoms with Crippen molar-refractivity contribution in [3.63, 3.8) is 0 Å². The number of ether oxygens (including phenoxy) is 1. The number of amides is 1. The Morgan fingerprint density at radius 3 is 3.05 bits per heavy atom. The molecule has 0 aromatic carbocycles. The van der Waals surface area contributed by atoms with Crippen molar-refractivity contribution in [1.82, 2.24) is 15.2 Å². The van der Waals surface area contributed by atoms with Crippen LogP contribution in [0.4, 0.5) is 0 Å². The van der Waals surface area contributed by atoms with Crippen molar-refractivity contribution < 1.29 is 14.6 Å². The number of nitrogens with zero attached hydrogens (tertiary/aromatic N) is 1. The molecule has 1 aromatic heterocycles. The third kappa shape index (κ3) is 4.56. The van der Waals surface area contributed by atoms with Crippen LogP contribution in [-0.4, -0.2) is 55.0 Å². The average Bonchev–Trinajstić information content (AvgIpc) is 2.98. The summed E-state index contributed by atoms with van der Waals surface area (Å²) in [7, 11) is 1.55. The van der Waals surface area contributed by atoms with E-state index in [1.54, 1.807) is 7.11 Å². The van der Waals surface area contributed by atoms with Crippen LogP contribution in [0.25, 0.3) is 0 Å². The Morgan fingerprint density at radius 1 is 1.57 bits per heavy atom. The number of aliphatic hydroxyl groups excluding tert-OH is 1. The highest BCUT2D eigenvalue weighted by molar-refractivity contribution is 5.92. The van der Waals surface area contributed by atoms with E-state index in [0.717, 1.165) is 25.9 Å². The summed E-state index contributed by atoms with van der Waals surface area (Å²) in [5, 5.41) is 15.8. The topological polar surface area (TPSA) is 75.5 Å². The number of aromatic nitrogens is 1. The molecule has 1 amide bonds. The highest BCUT2D eigenvalue weighted by Gasteiger charge is 2.19. The summed E-state index contributed by atoms with van der Waals surface area (Å²) < 4.78 is 6.93. The Hall–Kier alpha value is -1.37. The summed E-state index contributed by atoms with van der Waals surface area (Å²) in [5.41, 5.74) is 0.697. The molecule has 1 aliphatic heterocycles. The molecule has 1 atom stereocenters. The van der Waals surface area contributed by atoms with Crippen LogP contribution >= 0.6 is 0 Å². The number of aliphatic hydroxyl groups is 1. The molecular weight excluding hydrogens is 270 g/mol. The summed E-state index contributed by atoms with van der Waals surface area (Å²) in [6, 6.07) is 4.15. The molecule has 0 radical (unpaired) electrons.